The fourth-order valence-electron chi connectivity index (χ4n) is 16.5. The molecule has 0 unspecified atom stereocenters. The summed E-state index contributed by atoms with van der Waals surface area (Å²) in [6.07, 6.45) is -1.35. The first-order valence-corrected chi connectivity index (χ1v) is 45.5. The second-order valence-electron chi connectivity index (χ2n) is 34.8. The van der Waals surface area contributed by atoms with Gasteiger partial charge in [0.05, 0.1) is 18.7 Å². The van der Waals surface area contributed by atoms with Crippen LogP contribution in [0.2, 0.25) is 0 Å². The molecule has 40 heteroatoms. The number of carboxylic acid groups (broad SMARTS) is 1. The number of fused-ring (bicyclic) bond motifs is 3. The summed E-state index contributed by atoms with van der Waals surface area (Å²) in [7, 11) is 3.55. The van der Waals surface area contributed by atoms with E-state index >= 15 is 56.7 Å². The molecule has 1 aromatic heterocycles. The Morgan fingerprint density at radius 3 is 1.59 bits per heavy atom. The van der Waals surface area contributed by atoms with Crippen molar-refractivity contribution in [1.29, 1.82) is 0 Å². The summed E-state index contributed by atoms with van der Waals surface area (Å²) < 4.78 is 59.5. The van der Waals surface area contributed by atoms with Gasteiger partial charge in [-0.1, -0.05) is 113 Å². The first-order valence-electron chi connectivity index (χ1n) is 44.3. The van der Waals surface area contributed by atoms with E-state index in [1.807, 2.05) is 0 Å². The van der Waals surface area contributed by atoms with Crippen LogP contribution in [0.3, 0.4) is 0 Å². The van der Waals surface area contributed by atoms with Gasteiger partial charge in [0.2, 0.25) is 88.6 Å². The second kappa shape index (κ2) is 47.6. The molecule has 0 saturated carbocycles. The number of benzene rings is 6. The van der Waals surface area contributed by atoms with Gasteiger partial charge in [-0.3, -0.25) is 76.7 Å². The molecular weight excluding hydrogens is 1780 g/mol. The lowest BCUT2D eigenvalue weighted by atomic mass is 9.96. The van der Waals surface area contributed by atoms with Crippen molar-refractivity contribution in [2.24, 2.45) is 17.6 Å². The zero-order chi connectivity index (χ0) is 98.3. The minimum absolute atomic E-state index is 0.00408. The largest absolute Gasteiger partial charge is 0.508 e. The smallest absolute Gasteiger partial charge is 0.305 e. The van der Waals surface area contributed by atoms with Gasteiger partial charge >= 0.3 is 5.97 Å². The van der Waals surface area contributed by atoms with E-state index in [1.54, 1.807) is 74.6 Å². The fourth-order valence-corrected chi connectivity index (χ4v) is 17.4. The van der Waals surface area contributed by atoms with E-state index < -0.39 is 251 Å². The van der Waals surface area contributed by atoms with Crippen molar-refractivity contribution in [3.8, 4) is 11.5 Å². The number of likely N-dealkylation sites (N-methyl/N-ethyl adjacent to an activating group) is 3. The maximum absolute atomic E-state index is 15.9. The number of halogens is 4. The van der Waals surface area contributed by atoms with E-state index in [2.05, 4.69) is 52.8 Å². The summed E-state index contributed by atoms with van der Waals surface area (Å²) in [5.41, 5.74) is 7.62. The number of H-pyrrole nitrogens is 1. The number of para-hydroxylation sites is 1. The lowest BCUT2D eigenvalue weighted by Gasteiger charge is -2.38. The Labute approximate surface area is 780 Å². The van der Waals surface area contributed by atoms with Gasteiger partial charge < -0.3 is 98.4 Å². The number of carbonyl (C=O) groups is 16. The molecule has 0 aliphatic carbocycles. The van der Waals surface area contributed by atoms with Gasteiger partial charge in [0, 0.05) is 95.6 Å². The van der Waals surface area contributed by atoms with Crippen molar-refractivity contribution in [3.05, 3.63) is 202 Å². The van der Waals surface area contributed by atoms with Gasteiger partial charge in [-0.2, -0.15) is 0 Å². The average molecular weight is 1890 g/mol. The lowest BCUT2D eigenvalue weighted by molar-refractivity contribution is -0.151. The molecule has 35 nitrogen and oxygen atoms in total. The van der Waals surface area contributed by atoms with Crippen LogP contribution in [0.15, 0.2) is 146 Å². The van der Waals surface area contributed by atoms with Crippen LogP contribution in [0, 0.1) is 35.1 Å². The molecule has 3 saturated heterocycles. The van der Waals surface area contributed by atoms with Gasteiger partial charge in [-0.15, -0.1) is 11.8 Å². The van der Waals surface area contributed by atoms with E-state index in [-0.39, 0.29) is 81.5 Å². The molecule has 3 aliphatic heterocycles. The fraction of sp³-hybridized carbons (Fsp3) is 0.432. The maximum Gasteiger partial charge on any atom is 0.305 e. The standard InChI is InChI=1S/C95H114F4N16O19S/c1-51(2)37-67-84(123)109-73(83(122)102-48-78(100)118)49-135-50-79(119)103-71(42-58-38-64(97)81(99)65(98)39-58)92(131)113(8)77(44-57-23-29-60(96)30-24-57)94(133)111(6)53(5)91(130)114-36-16-22-75(114)89(128)107-70(46-80(120)121)87(126)110-82(52(3)4)95(134)112(7)76(43-54-17-10-9-11-18-54)90(129)108-72(41-56-27-33-62(117)34-28-56)93(132)115-35-15-14-21-74(115)88(127)106-69(45-59-47-101-66-20-13-12-19-63(59)66)86(125)105-68(85(124)104-67)40-55-25-31-61(116)32-26-55/h9-13,17-20,23-34,38-39,47,51-53,67-77,82,101,116-117H,14-16,21-22,35-37,40-46,48-50H2,1-8H3,(H2,100,118)(H,102,122)(H,103,119)(H,104,124)(H,105,125)(H,106,127)(H,107,128)(H,108,129)(H,109,123)(H,110,126)(H,120,121)/t53-,67-,68-,69+,70-,71-,72-,73-,74+,75+,76-,77-,82+/m0/s1. The van der Waals surface area contributed by atoms with E-state index in [0.29, 0.717) is 69.9 Å². The van der Waals surface area contributed by atoms with E-state index in [1.165, 1.54) is 100 Å². The van der Waals surface area contributed by atoms with Gasteiger partial charge in [-0.05, 0) is 145 Å². The van der Waals surface area contributed by atoms with Crippen LogP contribution in [0.4, 0.5) is 17.6 Å². The van der Waals surface area contributed by atoms with Crippen molar-refractivity contribution in [2.45, 2.75) is 197 Å². The highest BCUT2D eigenvalue weighted by atomic mass is 32.2. The topological polar surface area (TPSA) is 500 Å². The molecule has 3 aliphatic rings. The minimum Gasteiger partial charge on any atom is -0.508 e. The Bertz CT molecular complexity index is 5460. The van der Waals surface area contributed by atoms with Gasteiger partial charge in [0.1, 0.15) is 95.9 Å². The van der Waals surface area contributed by atoms with Crippen LogP contribution in [0.5, 0.6) is 11.5 Å². The van der Waals surface area contributed by atoms with Gasteiger partial charge in [0.25, 0.3) is 0 Å². The summed E-state index contributed by atoms with van der Waals surface area (Å²) in [5.74, 6) is -25.5. The summed E-state index contributed by atoms with van der Waals surface area (Å²) >= 11 is 0.643. The molecule has 0 spiro atoms. The molecule has 10 rings (SSSR count). The first-order chi connectivity index (χ1) is 64.1. The molecule has 0 bridgehead atoms. The number of carboxylic acids is 1. The third kappa shape index (κ3) is 28.1. The number of amides is 15. The number of nitrogens with one attached hydrogen (secondary N) is 10. The monoisotopic (exact) mass is 1890 g/mol. The minimum atomic E-state index is -1.97. The molecule has 15 amide bonds. The summed E-state index contributed by atoms with van der Waals surface area (Å²) in [4.78, 5) is 246. The Morgan fingerprint density at radius 1 is 0.489 bits per heavy atom. The molecular formula is C95H114F4N16O19S. The number of carbonyl (C=O) groups excluding carboxylic acids is 15. The highest BCUT2D eigenvalue weighted by Gasteiger charge is 2.46. The van der Waals surface area contributed by atoms with Crippen molar-refractivity contribution in [2.75, 3.05) is 52.3 Å². The second-order valence-corrected chi connectivity index (χ2v) is 35.9. The predicted molar refractivity (Wildman–Crippen MR) is 487 cm³/mol. The normalized spacial score (nSPS) is 23.5. The molecule has 15 N–H and O–H groups in total. The van der Waals surface area contributed by atoms with Crippen LogP contribution in [0.25, 0.3) is 10.9 Å². The predicted octanol–water partition coefficient (Wildman–Crippen LogP) is 3.17. The molecule has 4 heterocycles. The van der Waals surface area contributed by atoms with Crippen LogP contribution < -0.4 is 53.6 Å². The van der Waals surface area contributed by atoms with Gasteiger partial charge in [-0.25, -0.2) is 17.6 Å². The number of aromatic hydroxyl groups is 2. The van der Waals surface area contributed by atoms with Gasteiger partial charge in [0.15, 0.2) is 17.5 Å². The molecule has 722 valence electrons. The average Bonchev–Trinajstić information content (AvgIpc) is 1.67. The summed E-state index contributed by atoms with van der Waals surface area (Å²) in [6.45, 7) is 6.73. The van der Waals surface area contributed by atoms with Crippen LogP contribution in [-0.2, 0) is 115 Å². The Morgan fingerprint density at radius 2 is 0.978 bits per heavy atom. The lowest BCUT2D eigenvalue weighted by Crippen LogP contribution is -2.63. The number of nitrogens with two attached hydrogens (primary N) is 1. The molecule has 0 radical (unpaired) electrons. The van der Waals surface area contributed by atoms with Crippen LogP contribution in [-0.4, -0.2) is 270 Å². The van der Waals surface area contributed by atoms with Crippen molar-refractivity contribution in [3.63, 3.8) is 0 Å². The molecule has 3 fully saturated rings. The third-order valence-corrected chi connectivity index (χ3v) is 25.1. The van der Waals surface area contributed by atoms with E-state index in [0.717, 1.165) is 38.8 Å². The number of rotatable bonds is 20. The number of primary amides is 1. The van der Waals surface area contributed by atoms with E-state index in [9.17, 15) is 52.9 Å². The van der Waals surface area contributed by atoms with Crippen molar-refractivity contribution < 1.29 is 110 Å². The Kier molecular flexibility index (Phi) is 36.4. The van der Waals surface area contributed by atoms with Crippen molar-refractivity contribution in [1.82, 2.24) is 77.3 Å². The molecule has 7 aromatic rings. The molecule has 135 heavy (non-hydrogen) atoms. The SMILES string of the molecule is CC(C)C[C@@H]1NC(=O)[C@H](Cc2ccc(O)cc2)NC(=O)[C@@H](Cc2c[nH]c3ccccc23)NC(=O)[C@H]2CCCCN2C(=O)[C@H](Cc2ccc(O)cc2)NC(=O)[C@H](Cc2ccccc2)N(C)C(=O)[C@@H](C(C)C)NC(=O)[C@H](CC(=O)O)NC(=O)[C@H]2CCCN2C(=O)[C@H](C)N(C)C(=O)[C@H](Cc2ccc(F)cc2)N(C)C(=O)[C@H](Cc2cc(F)c(F)c(F)c2)NC(=O)CSC[C@@H](C(=O)NCC(N)=O)NC1=O. The van der Waals surface area contributed by atoms with Crippen LogP contribution in [0.1, 0.15) is 113 Å². The summed E-state index contributed by atoms with van der Waals surface area (Å²) in [6, 6.07) is 11.1. The third-order valence-electron chi connectivity index (χ3n) is 24.1. The van der Waals surface area contributed by atoms with Crippen molar-refractivity contribution >= 4 is 117 Å². The summed E-state index contributed by atoms with van der Waals surface area (Å²) in [5, 5.41) is 55.5. The Balaban J connectivity index is 1.05. The number of thioether (sulfide) groups is 1. The first kappa shape index (κ1) is 103. The zero-order valence-corrected chi connectivity index (χ0v) is 76.7. The molecule has 6 aromatic carbocycles. The van der Waals surface area contributed by atoms with Crippen LogP contribution >= 0.6 is 11.8 Å². The number of phenols is 2. The number of aliphatic carboxylic acids is 1. The highest BCUT2D eigenvalue weighted by molar-refractivity contribution is 8.00. The molecule has 13 atom stereocenters. The number of nitrogens with zero attached hydrogens (tertiary/aromatic N) is 5. The number of piperidine rings is 1. The quantitative estimate of drug-likeness (QED) is 0.0385. The number of aromatic amines is 1. The number of hydrogen-bond donors (Lipinski definition) is 14. The zero-order valence-electron chi connectivity index (χ0n) is 75.9. The number of aromatic nitrogens is 1. The maximum atomic E-state index is 15.9. The number of hydrogen-bond acceptors (Lipinski definition) is 19. The highest BCUT2D eigenvalue weighted by Crippen LogP contribution is 2.28. The van der Waals surface area contributed by atoms with E-state index in [4.69, 9.17) is 5.73 Å². The Hall–Kier alpha value is -14.0. The number of phenolic OH excluding ortho intramolecular Hbond substituents is 2.